The van der Waals surface area contributed by atoms with Crippen molar-refractivity contribution >= 4 is 16.8 Å². The van der Waals surface area contributed by atoms with Gasteiger partial charge in [-0.3, -0.25) is 0 Å². The lowest BCUT2D eigenvalue weighted by molar-refractivity contribution is 0.399. The molecule has 1 heterocycles. The molecule has 0 saturated carbocycles. The van der Waals surface area contributed by atoms with Crippen molar-refractivity contribution in [2.75, 3.05) is 0 Å². The third-order valence-corrected chi connectivity index (χ3v) is 4.43. The Bertz CT molecular complexity index is 1040. The van der Waals surface area contributed by atoms with Crippen molar-refractivity contribution in [1.29, 1.82) is 5.26 Å². The molecule has 120 valence electrons. The van der Waals surface area contributed by atoms with E-state index >= 15 is 0 Å². The number of nitrogens with zero attached hydrogens (tertiary/aromatic N) is 1. The molecular weight excluding hydrogens is 308 g/mol. The fraction of sp³-hybridized carbons (Fsp3) is 0.0455. The molecule has 0 fully saturated rings. The first-order valence-electron chi connectivity index (χ1n) is 8.10. The van der Waals surface area contributed by atoms with Gasteiger partial charge in [-0.1, -0.05) is 78.9 Å². The Hall–Kier alpha value is -3.51. The summed E-state index contributed by atoms with van der Waals surface area (Å²) < 4.78 is 5.83. The molecule has 0 radical (unpaired) electrons. The van der Waals surface area contributed by atoms with Crippen LogP contribution in [-0.4, -0.2) is 0 Å². The van der Waals surface area contributed by atoms with Gasteiger partial charge >= 0.3 is 0 Å². The Morgan fingerprint density at radius 2 is 1.72 bits per heavy atom. The molecule has 0 aromatic heterocycles. The summed E-state index contributed by atoms with van der Waals surface area (Å²) in [6.45, 7) is 0. The SMILES string of the molecule is N#CC1=C(N)Oc2c(ccc3ccccc23)C1C=Cc1ccccc1. The van der Waals surface area contributed by atoms with Gasteiger partial charge in [0.05, 0.1) is 0 Å². The van der Waals surface area contributed by atoms with Crippen LogP contribution < -0.4 is 10.5 Å². The topological polar surface area (TPSA) is 59.0 Å². The first-order chi connectivity index (χ1) is 12.3. The summed E-state index contributed by atoms with van der Waals surface area (Å²) in [5.74, 6) is 0.685. The van der Waals surface area contributed by atoms with Gasteiger partial charge in [0.2, 0.25) is 5.88 Å². The predicted molar refractivity (Wildman–Crippen MR) is 99.6 cm³/mol. The number of fused-ring (bicyclic) bond motifs is 3. The Labute approximate surface area is 146 Å². The lowest BCUT2D eigenvalue weighted by atomic mass is 9.87. The van der Waals surface area contributed by atoms with Crippen molar-refractivity contribution in [3.8, 4) is 11.8 Å². The maximum Gasteiger partial charge on any atom is 0.205 e. The van der Waals surface area contributed by atoms with E-state index in [2.05, 4.69) is 12.1 Å². The van der Waals surface area contributed by atoms with E-state index in [0.717, 1.165) is 27.6 Å². The van der Waals surface area contributed by atoms with E-state index in [1.807, 2.05) is 72.8 Å². The van der Waals surface area contributed by atoms with E-state index in [1.54, 1.807) is 0 Å². The molecule has 3 nitrogen and oxygen atoms in total. The molecule has 0 spiro atoms. The normalized spacial score (nSPS) is 16.5. The first kappa shape index (κ1) is 15.0. The molecule has 2 N–H and O–H groups in total. The second kappa shape index (κ2) is 6.18. The van der Waals surface area contributed by atoms with Gasteiger partial charge in [-0.15, -0.1) is 0 Å². The van der Waals surface area contributed by atoms with E-state index in [0.29, 0.717) is 5.57 Å². The molecule has 1 aliphatic heterocycles. The highest BCUT2D eigenvalue weighted by Crippen LogP contribution is 2.43. The van der Waals surface area contributed by atoms with Gasteiger partial charge in [0.25, 0.3) is 0 Å². The van der Waals surface area contributed by atoms with Crippen LogP contribution >= 0.6 is 0 Å². The van der Waals surface area contributed by atoms with Gasteiger partial charge in [0.1, 0.15) is 17.4 Å². The summed E-state index contributed by atoms with van der Waals surface area (Å²) in [4.78, 5) is 0. The van der Waals surface area contributed by atoms with E-state index in [-0.39, 0.29) is 11.8 Å². The van der Waals surface area contributed by atoms with Crippen LogP contribution in [0.4, 0.5) is 0 Å². The van der Waals surface area contributed by atoms with E-state index in [9.17, 15) is 5.26 Å². The Kier molecular flexibility index (Phi) is 3.72. The number of nitriles is 1. The van der Waals surface area contributed by atoms with Gasteiger partial charge in [0, 0.05) is 16.9 Å². The maximum absolute atomic E-state index is 9.57. The number of nitrogens with two attached hydrogens (primary N) is 1. The lowest BCUT2D eigenvalue weighted by Crippen LogP contribution is -2.19. The van der Waals surface area contributed by atoms with Crippen molar-refractivity contribution in [1.82, 2.24) is 0 Å². The molecule has 3 aromatic rings. The predicted octanol–water partition coefficient (Wildman–Crippen LogP) is 4.72. The minimum absolute atomic E-state index is 0.175. The molecule has 3 aromatic carbocycles. The number of benzene rings is 3. The molecule has 0 saturated heterocycles. The van der Waals surface area contributed by atoms with Gasteiger partial charge in [0.15, 0.2) is 0 Å². The van der Waals surface area contributed by atoms with Crippen LogP contribution in [0.25, 0.3) is 16.8 Å². The molecule has 0 aliphatic carbocycles. The monoisotopic (exact) mass is 324 g/mol. The minimum atomic E-state index is -0.224. The Balaban J connectivity index is 1.87. The van der Waals surface area contributed by atoms with Crippen LogP contribution in [0.5, 0.6) is 5.75 Å². The Morgan fingerprint density at radius 3 is 2.52 bits per heavy atom. The fourth-order valence-electron chi connectivity index (χ4n) is 3.19. The minimum Gasteiger partial charge on any atom is -0.440 e. The summed E-state index contributed by atoms with van der Waals surface area (Å²) in [5.41, 5.74) is 8.53. The number of hydrogen-bond acceptors (Lipinski definition) is 3. The van der Waals surface area contributed by atoms with Crippen molar-refractivity contribution < 1.29 is 4.74 Å². The summed E-state index contributed by atoms with van der Waals surface area (Å²) in [6, 6.07) is 24.3. The van der Waals surface area contributed by atoms with Crippen LogP contribution in [0.15, 0.2) is 84.3 Å². The number of ether oxygens (including phenoxy) is 1. The number of rotatable bonds is 2. The van der Waals surface area contributed by atoms with E-state index < -0.39 is 0 Å². The van der Waals surface area contributed by atoms with Crippen molar-refractivity contribution in [3.05, 3.63) is 95.4 Å². The van der Waals surface area contributed by atoms with Gasteiger partial charge < -0.3 is 10.5 Å². The summed E-state index contributed by atoms with van der Waals surface area (Å²) in [7, 11) is 0. The zero-order valence-corrected chi connectivity index (χ0v) is 13.5. The van der Waals surface area contributed by atoms with Crippen LogP contribution in [0.2, 0.25) is 0 Å². The average molecular weight is 324 g/mol. The standard InChI is InChI=1S/C22H16N2O/c23-14-20-18(12-10-15-6-2-1-3-7-15)19-13-11-16-8-4-5-9-17(16)21(19)25-22(20)24/h1-13,18H,24H2. The second-order valence-electron chi connectivity index (χ2n) is 5.94. The van der Waals surface area contributed by atoms with Crippen LogP contribution in [0.1, 0.15) is 17.0 Å². The van der Waals surface area contributed by atoms with Gasteiger partial charge in [-0.25, -0.2) is 0 Å². The van der Waals surface area contributed by atoms with Crippen molar-refractivity contribution in [3.63, 3.8) is 0 Å². The summed E-state index contributed by atoms with van der Waals surface area (Å²) in [5, 5.41) is 11.6. The molecule has 4 rings (SSSR count). The molecule has 1 atom stereocenters. The summed E-state index contributed by atoms with van der Waals surface area (Å²) >= 11 is 0. The Morgan fingerprint density at radius 1 is 0.960 bits per heavy atom. The average Bonchev–Trinajstić information content (AvgIpc) is 2.66. The van der Waals surface area contributed by atoms with Crippen molar-refractivity contribution in [2.24, 2.45) is 5.73 Å². The molecule has 0 amide bonds. The highest BCUT2D eigenvalue weighted by atomic mass is 16.5. The highest BCUT2D eigenvalue weighted by molar-refractivity contribution is 5.90. The van der Waals surface area contributed by atoms with Crippen LogP contribution in [0.3, 0.4) is 0 Å². The van der Waals surface area contributed by atoms with E-state index in [1.165, 1.54) is 0 Å². The second-order valence-corrected chi connectivity index (χ2v) is 5.94. The zero-order valence-electron chi connectivity index (χ0n) is 13.5. The van der Waals surface area contributed by atoms with Crippen LogP contribution in [0, 0.1) is 11.3 Å². The van der Waals surface area contributed by atoms with Crippen molar-refractivity contribution in [2.45, 2.75) is 5.92 Å². The third kappa shape index (κ3) is 2.64. The third-order valence-electron chi connectivity index (χ3n) is 4.43. The highest BCUT2D eigenvalue weighted by Gasteiger charge is 2.28. The zero-order chi connectivity index (χ0) is 17.2. The smallest absolute Gasteiger partial charge is 0.205 e. The molecule has 1 aliphatic rings. The lowest BCUT2D eigenvalue weighted by Gasteiger charge is -2.25. The maximum atomic E-state index is 9.57. The van der Waals surface area contributed by atoms with E-state index in [4.69, 9.17) is 10.5 Å². The molecule has 3 heteroatoms. The number of hydrogen-bond donors (Lipinski definition) is 1. The molecule has 25 heavy (non-hydrogen) atoms. The molecule has 0 bridgehead atoms. The summed E-state index contributed by atoms with van der Waals surface area (Å²) in [6.07, 6.45) is 4.02. The molecule has 1 unspecified atom stereocenters. The van der Waals surface area contributed by atoms with Gasteiger partial charge in [-0.2, -0.15) is 5.26 Å². The fourth-order valence-corrected chi connectivity index (χ4v) is 3.19. The first-order valence-corrected chi connectivity index (χ1v) is 8.10. The largest absolute Gasteiger partial charge is 0.440 e. The quantitative estimate of drug-likeness (QED) is 0.742. The molecular formula is C22H16N2O. The van der Waals surface area contributed by atoms with Crippen LogP contribution in [-0.2, 0) is 0 Å². The number of allylic oxidation sites excluding steroid dienone is 2. The van der Waals surface area contributed by atoms with Gasteiger partial charge in [-0.05, 0) is 10.9 Å².